The van der Waals surface area contributed by atoms with Crippen LogP contribution < -0.4 is 5.73 Å². The van der Waals surface area contributed by atoms with Gasteiger partial charge in [0.2, 0.25) is 0 Å². The predicted molar refractivity (Wildman–Crippen MR) is 63.4 cm³/mol. The molecule has 0 bridgehead atoms. The monoisotopic (exact) mass is 245 g/mol. The zero-order valence-corrected chi connectivity index (χ0v) is 9.98. The molecule has 0 aromatic heterocycles. The largest absolute Gasteiger partial charge is 0.322 e. The van der Waals surface area contributed by atoms with Gasteiger partial charge in [-0.05, 0) is 18.1 Å². The van der Waals surface area contributed by atoms with Crippen molar-refractivity contribution in [2.75, 3.05) is 0 Å². The highest BCUT2D eigenvalue weighted by molar-refractivity contribution is 6.42. The fraction of sp³-hybridized carbons (Fsp3) is 0.364. The summed E-state index contributed by atoms with van der Waals surface area (Å²) >= 11 is 11.8. The Morgan fingerprint density at radius 1 is 1.47 bits per heavy atom. The van der Waals surface area contributed by atoms with E-state index in [9.17, 15) is 4.79 Å². The van der Waals surface area contributed by atoms with E-state index in [1.165, 1.54) is 0 Å². The number of carbonyl (C=O) groups excluding carboxylic acids is 1. The molecule has 4 heteroatoms. The van der Waals surface area contributed by atoms with Gasteiger partial charge in [0.25, 0.3) is 0 Å². The summed E-state index contributed by atoms with van der Waals surface area (Å²) in [6, 6.07) is 4.83. The molecule has 1 rings (SSSR count). The smallest absolute Gasteiger partial charge is 0.153 e. The number of halogens is 2. The maximum Gasteiger partial charge on any atom is 0.153 e. The molecule has 0 amide bonds. The summed E-state index contributed by atoms with van der Waals surface area (Å²) in [5.41, 5.74) is 6.36. The quantitative estimate of drug-likeness (QED) is 0.887. The Morgan fingerprint density at radius 2 is 2.13 bits per heavy atom. The number of ketones is 1. The van der Waals surface area contributed by atoms with Gasteiger partial charge in [0.1, 0.15) is 0 Å². The molecule has 0 spiro atoms. The number of carbonyl (C=O) groups is 1. The summed E-state index contributed by atoms with van der Waals surface area (Å²) in [4.78, 5) is 11.6. The van der Waals surface area contributed by atoms with Gasteiger partial charge in [-0.1, -0.05) is 42.3 Å². The maximum atomic E-state index is 11.6. The van der Waals surface area contributed by atoms with Gasteiger partial charge in [-0.3, -0.25) is 4.79 Å². The van der Waals surface area contributed by atoms with Gasteiger partial charge in [-0.2, -0.15) is 0 Å². The minimum atomic E-state index is -0.417. The van der Waals surface area contributed by atoms with Crippen LogP contribution in [-0.4, -0.2) is 11.8 Å². The van der Waals surface area contributed by atoms with Gasteiger partial charge in [0.15, 0.2) is 5.78 Å². The van der Waals surface area contributed by atoms with E-state index in [1.807, 2.05) is 6.92 Å². The Hall–Kier alpha value is -0.570. The van der Waals surface area contributed by atoms with Crippen LogP contribution in [-0.2, 0) is 11.2 Å². The fourth-order valence-electron chi connectivity index (χ4n) is 1.23. The first-order valence-corrected chi connectivity index (χ1v) is 5.53. The average Bonchev–Trinajstić information content (AvgIpc) is 2.23. The summed E-state index contributed by atoms with van der Waals surface area (Å²) in [5.74, 6) is -0.0123. The number of rotatable bonds is 4. The molecule has 2 nitrogen and oxygen atoms in total. The highest BCUT2D eigenvalue weighted by atomic mass is 35.5. The third-order valence-electron chi connectivity index (χ3n) is 2.25. The van der Waals surface area contributed by atoms with Crippen LogP contribution in [0.5, 0.6) is 0 Å². The summed E-state index contributed by atoms with van der Waals surface area (Å²) in [6.45, 7) is 1.88. The minimum Gasteiger partial charge on any atom is -0.322 e. The summed E-state index contributed by atoms with van der Waals surface area (Å²) in [5, 5.41) is 0.905. The van der Waals surface area contributed by atoms with E-state index in [1.54, 1.807) is 18.2 Å². The lowest BCUT2D eigenvalue weighted by molar-refractivity contribution is -0.119. The Bertz CT molecular complexity index is 366. The second kappa shape index (κ2) is 5.50. The van der Waals surface area contributed by atoms with Crippen molar-refractivity contribution in [3.05, 3.63) is 33.8 Å². The van der Waals surface area contributed by atoms with Crippen LogP contribution in [0.25, 0.3) is 0 Å². The number of hydrogen-bond donors (Lipinski definition) is 1. The van der Waals surface area contributed by atoms with E-state index in [0.29, 0.717) is 16.5 Å². The van der Waals surface area contributed by atoms with Crippen LogP contribution in [0.15, 0.2) is 18.2 Å². The molecule has 0 aliphatic carbocycles. The first kappa shape index (κ1) is 12.5. The molecule has 2 N–H and O–H groups in total. The Morgan fingerprint density at radius 3 is 2.73 bits per heavy atom. The summed E-state index contributed by atoms with van der Waals surface area (Å²) in [7, 11) is 0. The van der Waals surface area contributed by atoms with Crippen molar-refractivity contribution in [3.8, 4) is 0 Å². The zero-order chi connectivity index (χ0) is 11.4. The topological polar surface area (TPSA) is 43.1 Å². The molecule has 82 valence electrons. The summed E-state index contributed by atoms with van der Waals surface area (Å²) < 4.78 is 0. The molecule has 0 saturated heterocycles. The third-order valence-corrected chi connectivity index (χ3v) is 3.11. The van der Waals surface area contributed by atoms with Crippen molar-refractivity contribution in [3.63, 3.8) is 0 Å². The Labute approximate surface area is 99.4 Å². The number of Topliss-reactive ketones (excluding diaryl/α,β-unsaturated/α-hetero) is 1. The zero-order valence-electron chi connectivity index (χ0n) is 8.47. The van der Waals surface area contributed by atoms with Gasteiger partial charge < -0.3 is 5.73 Å². The van der Waals surface area contributed by atoms with Crippen molar-refractivity contribution in [1.82, 2.24) is 0 Å². The Kier molecular flexibility index (Phi) is 4.58. The molecular formula is C11H13Cl2NO. The van der Waals surface area contributed by atoms with E-state index in [0.717, 1.165) is 5.56 Å². The third kappa shape index (κ3) is 3.20. The van der Waals surface area contributed by atoms with Gasteiger partial charge in [0.05, 0.1) is 16.1 Å². The van der Waals surface area contributed by atoms with Crippen LogP contribution in [0, 0.1) is 0 Å². The van der Waals surface area contributed by atoms with E-state index < -0.39 is 6.04 Å². The summed E-state index contributed by atoms with van der Waals surface area (Å²) in [6.07, 6.45) is 0.880. The lowest BCUT2D eigenvalue weighted by Gasteiger charge is -2.09. The second-order valence-electron chi connectivity index (χ2n) is 3.37. The number of benzene rings is 1. The molecule has 0 fully saturated rings. The van der Waals surface area contributed by atoms with E-state index in [-0.39, 0.29) is 12.2 Å². The first-order chi connectivity index (χ1) is 7.06. The maximum absolute atomic E-state index is 11.6. The van der Waals surface area contributed by atoms with Gasteiger partial charge in [-0.15, -0.1) is 0 Å². The molecule has 1 aromatic carbocycles. The first-order valence-electron chi connectivity index (χ1n) is 4.77. The van der Waals surface area contributed by atoms with Gasteiger partial charge in [0, 0.05) is 6.42 Å². The Balaban J connectivity index is 2.81. The van der Waals surface area contributed by atoms with Crippen LogP contribution in [0.2, 0.25) is 10.0 Å². The van der Waals surface area contributed by atoms with Gasteiger partial charge >= 0.3 is 0 Å². The predicted octanol–water partition coefficient (Wildman–Crippen LogP) is 2.84. The lowest BCUT2D eigenvalue weighted by Crippen LogP contribution is -2.30. The number of nitrogens with two attached hydrogens (primary N) is 1. The molecule has 0 heterocycles. The van der Waals surface area contributed by atoms with Crippen molar-refractivity contribution in [2.45, 2.75) is 25.8 Å². The molecule has 0 aliphatic rings. The van der Waals surface area contributed by atoms with Crippen molar-refractivity contribution in [2.24, 2.45) is 5.73 Å². The highest BCUT2D eigenvalue weighted by Crippen LogP contribution is 2.26. The fourth-order valence-corrected chi connectivity index (χ4v) is 1.62. The molecule has 1 atom stereocenters. The molecular weight excluding hydrogens is 233 g/mol. The lowest BCUT2D eigenvalue weighted by atomic mass is 10.0. The average molecular weight is 246 g/mol. The van der Waals surface area contributed by atoms with Crippen LogP contribution >= 0.6 is 23.2 Å². The SMILES string of the molecule is CCC(N)C(=O)Cc1cccc(Cl)c1Cl. The standard InChI is InChI=1S/C11H13Cl2NO/c1-2-9(14)10(15)6-7-4-3-5-8(12)11(7)13/h3-5,9H,2,6,14H2,1H3. The molecule has 1 aromatic rings. The number of hydrogen-bond acceptors (Lipinski definition) is 2. The van der Waals surface area contributed by atoms with Crippen LogP contribution in [0.4, 0.5) is 0 Å². The second-order valence-corrected chi connectivity index (χ2v) is 4.16. The molecule has 1 unspecified atom stereocenters. The molecule has 0 aliphatic heterocycles. The van der Waals surface area contributed by atoms with Crippen LogP contribution in [0.1, 0.15) is 18.9 Å². The van der Waals surface area contributed by atoms with Crippen molar-refractivity contribution in [1.29, 1.82) is 0 Å². The molecule has 0 saturated carbocycles. The highest BCUT2D eigenvalue weighted by Gasteiger charge is 2.14. The minimum absolute atomic E-state index is 0.0123. The van der Waals surface area contributed by atoms with E-state index in [4.69, 9.17) is 28.9 Å². The van der Waals surface area contributed by atoms with E-state index >= 15 is 0 Å². The van der Waals surface area contributed by atoms with E-state index in [2.05, 4.69) is 0 Å². The van der Waals surface area contributed by atoms with Crippen molar-refractivity contribution >= 4 is 29.0 Å². The normalized spacial score (nSPS) is 12.5. The van der Waals surface area contributed by atoms with Crippen molar-refractivity contribution < 1.29 is 4.79 Å². The van der Waals surface area contributed by atoms with Gasteiger partial charge in [-0.25, -0.2) is 0 Å². The molecule has 15 heavy (non-hydrogen) atoms. The van der Waals surface area contributed by atoms with Crippen LogP contribution in [0.3, 0.4) is 0 Å². The molecule has 0 radical (unpaired) electrons.